The van der Waals surface area contributed by atoms with Gasteiger partial charge >= 0.3 is 0 Å². The minimum atomic E-state index is 0.133. The van der Waals surface area contributed by atoms with Crippen LogP contribution >= 0.6 is 11.6 Å². The zero-order chi connectivity index (χ0) is 14.0. The molecule has 4 nitrogen and oxygen atoms in total. The van der Waals surface area contributed by atoms with Crippen molar-refractivity contribution in [2.45, 2.75) is 65.3 Å². The van der Waals surface area contributed by atoms with E-state index in [-0.39, 0.29) is 18.3 Å². The molecule has 0 radical (unpaired) electrons. The minimum absolute atomic E-state index is 0.133. The summed E-state index contributed by atoms with van der Waals surface area (Å²) in [6.07, 6.45) is 3.08. The third kappa shape index (κ3) is 3.57. The molecular formula is C14H21ClN2O2. The predicted octanol–water partition coefficient (Wildman–Crippen LogP) is 3.34. The van der Waals surface area contributed by atoms with Gasteiger partial charge in [0.2, 0.25) is 5.88 Å². The highest BCUT2D eigenvalue weighted by Gasteiger charge is 2.27. The molecule has 0 aliphatic carbocycles. The van der Waals surface area contributed by atoms with Gasteiger partial charge in [-0.25, -0.2) is 4.98 Å². The van der Waals surface area contributed by atoms with Crippen molar-refractivity contribution >= 4 is 11.6 Å². The summed E-state index contributed by atoms with van der Waals surface area (Å²) in [7, 11) is 0. The molecule has 1 saturated heterocycles. The largest absolute Gasteiger partial charge is 0.474 e. The van der Waals surface area contributed by atoms with Gasteiger partial charge in [0.1, 0.15) is 17.1 Å². The highest BCUT2D eigenvalue weighted by molar-refractivity contribution is 6.30. The lowest BCUT2D eigenvalue weighted by molar-refractivity contribution is -0.0731. The Morgan fingerprint density at radius 3 is 2.47 bits per heavy atom. The Morgan fingerprint density at radius 2 is 1.89 bits per heavy atom. The van der Waals surface area contributed by atoms with Gasteiger partial charge in [-0.1, -0.05) is 18.5 Å². The van der Waals surface area contributed by atoms with Crippen LogP contribution in [-0.4, -0.2) is 28.3 Å². The fourth-order valence-electron chi connectivity index (χ4n) is 2.38. The van der Waals surface area contributed by atoms with Crippen molar-refractivity contribution in [2.75, 3.05) is 0 Å². The lowest BCUT2D eigenvalue weighted by Crippen LogP contribution is -2.36. The molecule has 1 aromatic heterocycles. The SMILES string of the molecule is CCc1nc(Cl)c(C)c(OC2CC(C)OC(C)C2)n1. The molecule has 0 bridgehead atoms. The van der Waals surface area contributed by atoms with E-state index in [0.29, 0.717) is 11.0 Å². The molecule has 1 aliphatic heterocycles. The maximum Gasteiger partial charge on any atom is 0.221 e. The molecule has 106 valence electrons. The molecule has 0 amide bonds. The normalized spacial score (nSPS) is 27.3. The maximum atomic E-state index is 6.12. The van der Waals surface area contributed by atoms with Gasteiger partial charge in [-0.15, -0.1) is 0 Å². The van der Waals surface area contributed by atoms with Crippen molar-refractivity contribution in [3.63, 3.8) is 0 Å². The number of halogens is 1. The summed E-state index contributed by atoms with van der Waals surface area (Å²) in [5, 5.41) is 0.481. The van der Waals surface area contributed by atoms with E-state index in [1.165, 1.54) is 0 Å². The van der Waals surface area contributed by atoms with E-state index in [9.17, 15) is 0 Å². The van der Waals surface area contributed by atoms with Crippen LogP contribution in [0.2, 0.25) is 5.15 Å². The van der Waals surface area contributed by atoms with Crippen molar-refractivity contribution in [2.24, 2.45) is 0 Å². The fourth-order valence-corrected chi connectivity index (χ4v) is 2.56. The Morgan fingerprint density at radius 1 is 1.26 bits per heavy atom. The van der Waals surface area contributed by atoms with E-state index < -0.39 is 0 Å². The Bertz CT molecular complexity index is 443. The number of aryl methyl sites for hydroxylation is 1. The zero-order valence-electron chi connectivity index (χ0n) is 11.9. The first-order chi connectivity index (χ1) is 8.99. The summed E-state index contributed by atoms with van der Waals surface area (Å²) in [5.74, 6) is 1.34. The monoisotopic (exact) mass is 284 g/mol. The highest BCUT2D eigenvalue weighted by Crippen LogP contribution is 2.27. The lowest BCUT2D eigenvalue weighted by Gasteiger charge is -2.32. The number of hydrogen-bond acceptors (Lipinski definition) is 4. The van der Waals surface area contributed by atoms with Gasteiger partial charge in [-0.3, -0.25) is 0 Å². The quantitative estimate of drug-likeness (QED) is 0.799. The number of rotatable bonds is 3. The molecule has 2 unspecified atom stereocenters. The van der Waals surface area contributed by atoms with Gasteiger partial charge in [0.05, 0.1) is 12.2 Å². The lowest BCUT2D eigenvalue weighted by atomic mass is 10.0. The van der Waals surface area contributed by atoms with E-state index in [2.05, 4.69) is 23.8 Å². The second-order valence-corrected chi connectivity index (χ2v) is 5.54. The molecular weight excluding hydrogens is 264 g/mol. The smallest absolute Gasteiger partial charge is 0.221 e. The molecule has 2 heterocycles. The summed E-state index contributed by atoms with van der Waals surface area (Å²) < 4.78 is 11.7. The fraction of sp³-hybridized carbons (Fsp3) is 0.714. The van der Waals surface area contributed by atoms with Crippen LogP contribution in [-0.2, 0) is 11.2 Å². The average molecular weight is 285 g/mol. The Hall–Kier alpha value is -0.870. The second-order valence-electron chi connectivity index (χ2n) is 5.18. The molecule has 0 N–H and O–H groups in total. The summed E-state index contributed by atoms with van der Waals surface area (Å²) >= 11 is 6.12. The first kappa shape index (κ1) is 14.5. The molecule has 2 atom stereocenters. The molecule has 2 rings (SSSR count). The summed E-state index contributed by atoms with van der Waals surface area (Å²) in [6, 6.07) is 0. The number of nitrogens with zero attached hydrogens (tertiary/aromatic N) is 2. The van der Waals surface area contributed by atoms with E-state index in [4.69, 9.17) is 21.1 Å². The number of ether oxygens (including phenoxy) is 2. The minimum Gasteiger partial charge on any atom is -0.474 e. The van der Waals surface area contributed by atoms with E-state index in [1.807, 2.05) is 13.8 Å². The summed E-state index contributed by atoms with van der Waals surface area (Å²) in [4.78, 5) is 8.66. The molecule has 0 aromatic carbocycles. The molecule has 0 saturated carbocycles. The molecule has 0 spiro atoms. The topological polar surface area (TPSA) is 44.2 Å². The van der Waals surface area contributed by atoms with Crippen LogP contribution in [0, 0.1) is 6.92 Å². The highest BCUT2D eigenvalue weighted by atomic mass is 35.5. The third-order valence-electron chi connectivity index (χ3n) is 3.34. The third-order valence-corrected chi connectivity index (χ3v) is 3.70. The van der Waals surface area contributed by atoms with Gasteiger partial charge in [-0.05, 0) is 20.8 Å². The van der Waals surface area contributed by atoms with Crippen molar-refractivity contribution in [3.05, 3.63) is 16.5 Å². The van der Waals surface area contributed by atoms with Crippen LogP contribution < -0.4 is 4.74 Å². The molecule has 19 heavy (non-hydrogen) atoms. The number of aromatic nitrogens is 2. The summed E-state index contributed by atoms with van der Waals surface area (Å²) in [6.45, 7) is 8.04. The molecule has 5 heteroatoms. The van der Waals surface area contributed by atoms with Gasteiger partial charge < -0.3 is 9.47 Å². The van der Waals surface area contributed by atoms with Gasteiger partial charge in [0, 0.05) is 24.8 Å². The van der Waals surface area contributed by atoms with Crippen molar-refractivity contribution in [1.82, 2.24) is 9.97 Å². The Kier molecular flexibility index (Phi) is 4.63. The first-order valence-electron chi connectivity index (χ1n) is 6.84. The Balaban J connectivity index is 2.16. The van der Waals surface area contributed by atoms with E-state index >= 15 is 0 Å². The van der Waals surface area contributed by atoms with Crippen LogP contribution in [0.4, 0.5) is 0 Å². The zero-order valence-corrected chi connectivity index (χ0v) is 12.7. The summed E-state index contributed by atoms with van der Waals surface area (Å²) in [5.41, 5.74) is 0.811. The molecule has 1 fully saturated rings. The van der Waals surface area contributed by atoms with Gasteiger partial charge in [-0.2, -0.15) is 4.98 Å². The molecule has 1 aliphatic rings. The average Bonchev–Trinajstić information content (AvgIpc) is 2.33. The van der Waals surface area contributed by atoms with Crippen LogP contribution in [0.1, 0.15) is 45.0 Å². The Labute approximate surface area is 119 Å². The van der Waals surface area contributed by atoms with E-state index in [1.54, 1.807) is 0 Å². The second kappa shape index (κ2) is 6.06. The van der Waals surface area contributed by atoms with Crippen molar-refractivity contribution < 1.29 is 9.47 Å². The van der Waals surface area contributed by atoms with Crippen molar-refractivity contribution in [1.29, 1.82) is 0 Å². The molecule has 1 aromatic rings. The first-order valence-corrected chi connectivity index (χ1v) is 7.22. The van der Waals surface area contributed by atoms with Gasteiger partial charge in [0.25, 0.3) is 0 Å². The predicted molar refractivity (Wildman–Crippen MR) is 74.8 cm³/mol. The number of hydrogen-bond donors (Lipinski definition) is 0. The van der Waals surface area contributed by atoms with Crippen molar-refractivity contribution in [3.8, 4) is 5.88 Å². The van der Waals surface area contributed by atoms with Crippen LogP contribution in [0.15, 0.2) is 0 Å². The van der Waals surface area contributed by atoms with Crippen LogP contribution in [0.25, 0.3) is 0 Å². The van der Waals surface area contributed by atoms with Gasteiger partial charge in [0.15, 0.2) is 0 Å². The standard InChI is InChI=1S/C14H21ClN2O2/c1-5-12-16-13(15)10(4)14(17-12)19-11-6-8(2)18-9(3)7-11/h8-9,11H,5-7H2,1-4H3. The maximum absolute atomic E-state index is 6.12. The van der Waals surface area contributed by atoms with Crippen LogP contribution in [0.5, 0.6) is 5.88 Å². The van der Waals surface area contributed by atoms with Crippen LogP contribution in [0.3, 0.4) is 0 Å². The van der Waals surface area contributed by atoms with E-state index in [0.717, 1.165) is 30.7 Å².